The van der Waals surface area contributed by atoms with Crippen molar-refractivity contribution < 1.29 is 9.47 Å². The molecule has 0 aromatic rings. The third-order valence-corrected chi connectivity index (χ3v) is 5.31. The number of ether oxygens (including phenoxy) is 2. The second-order valence-electron chi connectivity index (χ2n) is 4.39. The molecule has 0 amide bonds. The van der Waals surface area contributed by atoms with Gasteiger partial charge in [-0.3, -0.25) is 0 Å². The zero-order valence-electron chi connectivity index (χ0n) is 7.95. The van der Waals surface area contributed by atoms with E-state index in [1.165, 1.54) is 12.8 Å². The normalized spacial score (nSPS) is 35.2. The average Bonchev–Trinajstić information content (AvgIpc) is 2.78. The molecule has 2 fully saturated rings. The molecule has 3 heteroatoms. The van der Waals surface area contributed by atoms with E-state index in [9.17, 15) is 0 Å². The molecule has 0 radical (unpaired) electrons. The molecular weight excluding hydrogens is 168 g/mol. The van der Waals surface area contributed by atoms with Crippen LogP contribution in [0.5, 0.6) is 0 Å². The standard InChI is InChI=1S/C9H18O2Si/c1-12(2)9(3-7-5-10-7)4-8-6-11-8/h7-9,12H,3-6H2,1-2H3. The second kappa shape index (κ2) is 3.48. The van der Waals surface area contributed by atoms with Crippen molar-refractivity contribution in [2.75, 3.05) is 13.2 Å². The summed E-state index contributed by atoms with van der Waals surface area (Å²) in [5, 5.41) is 0. The highest BCUT2D eigenvalue weighted by Crippen LogP contribution is 2.33. The maximum Gasteiger partial charge on any atom is 0.0809 e. The molecule has 2 nitrogen and oxygen atoms in total. The molecule has 0 N–H and O–H groups in total. The lowest BCUT2D eigenvalue weighted by atomic mass is 10.1. The molecule has 0 aromatic heterocycles. The Morgan fingerprint density at radius 3 is 1.83 bits per heavy atom. The Morgan fingerprint density at radius 2 is 1.58 bits per heavy atom. The van der Waals surface area contributed by atoms with Crippen LogP contribution in [-0.4, -0.2) is 34.2 Å². The lowest BCUT2D eigenvalue weighted by Crippen LogP contribution is -2.16. The molecule has 2 aliphatic heterocycles. The van der Waals surface area contributed by atoms with Crippen molar-refractivity contribution in [2.24, 2.45) is 0 Å². The number of epoxide rings is 2. The van der Waals surface area contributed by atoms with Crippen molar-refractivity contribution in [3.05, 3.63) is 0 Å². The molecule has 2 unspecified atom stereocenters. The smallest absolute Gasteiger partial charge is 0.0809 e. The first-order chi connectivity index (χ1) is 5.75. The summed E-state index contributed by atoms with van der Waals surface area (Å²) in [4.78, 5) is 0. The predicted octanol–water partition coefficient (Wildman–Crippen LogP) is 1.42. The molecule has 0 spiro atoms. The van der Waals surface area contributed by atoms with E-state index in [0.717, 1.165) is 18.8 Å². The molecule has 12 heavy (non-hydrogen) atoms. The summed E-state index contributed by atoms with van der Waals surface area (Å²) >= 11 is 0. The van der Waals surface area contributed by atoms with Crippen LogP contribution < -0.4 is 0 Å². The van der Waals surface area contributed by atoms with Gasteiger partial charge in [0.2, 0.25) is 0 Å². The van der Waals surface area contributed by atoms with Crippen LogP contribution in [0.15, 0.2) is 0 Å². The molecule has 0 bridgehead atoms. The lowest BCUT2D eigenvalue weighted by molar-refractivity contribution is 0.363. The zero-order valence-corrected chi connectivity index (χ0v) is 9.11. The molecule has 70 valence electrons. The Bertz CT molecular complexity index is 139. The van der Waals surface area contributed by atoms with Crippen molar-refractivity contribution in [1.82, 2.24) is 0 Å². The Balaban J connectivity index is 1.74. The summed E-state index contributed by atoms with van der Waals surface area (Å²) in [6, 6.07) is 0. The van der Waals surface area contributed by atoms with Gasteiger partial charge < -0.3 is 9.47 Å². The van der Waals surface area contributed by atoms with Gasteiger partial charge in [0, 0.05) is 8.80 Å². The number of hydrogen-bond donors (Lipinski definition) is 0. The summed E-state index contributed by atoms with van der Waals surface area (Å²) in [5.74, 6) is 0. The van der Waals surface area contributed by atoms with Crippen molar-refractivity contribution in [2.45, 2.75) is 43.7 Å². The van der Waals surface area contributed by atoms with Gasteiger partial charge in [-0.15, -0.1) is 0 Å². The van der Waals surface area contributed by atoms with Gasteiger partial charge in [0.15, 0.2) is 0 Å². The average molecular weight is 186 g/mol. The fraction of sp³-hybridized carbons (Fsp3) is 1.00. The zero-order chi connectivity index (χ0) is 8.55. The lowest BCUT2D eigenvalue weighted by Gasteiger charge is -2.17. The molecule has 2 atom stereocenters. The van der Waals surface area contributed by atoms with Crippen LogP contribution in [0.1, 0.15) is 12.8 Å². The van der Waals surface area contributed by atoms with E-state index < -0.39 is 8.80 Å². The first kappa shape index (κ1) is 8.72. The number of rotatable bonds is 5. The van der Waals surface area contributed by atoms with Crippen molar-refractivity contribution >= 4 is 8.80 Å². The van der Waals surface area contributed by atoms with Gasteiger partial charge in [-0.2, -0.15) is 0 Å². The first-order valence-electron chi connectivity index (χ1n) is 4.99. The van der Waals surface area contributed by atoms with Crippen molar-refractivity contribution in [3.63, 3.8) is 0 Å². The fourth-order valence-electron chi connectivity index (χ4n) is 1.72. The van der Waals surface area contributed by atoms with Gasteiger partial charge in [-0.1, -0.05) is 13.1 Å². The van der Waals surface area contributed by atoms with Crippen LogP contribution in [-0.2, 0) is 9.47 Å². The third-order valence-electron chi connectivity index (χ3n) is 2.88. The Hall–Kier alpha value is 0.137. The minimum absolute atomic E-state index is 0.478. The largest absolute Gasteiger partial charge is 0.373 e. The maximum absolute atomic E-state index is 5.27. The van der Waals surface area contributed by atoms with Crippen LogP contribution in [0, 0.1) is 0 Å². The SMILES string of the molecule is C[SiH](C)C(CC1CO1)CC1CO1. The summed E-state index contributed by atoms with van der Waals surface area (Å²) < 4.78 is 10.5. The Morgan fingerprint density at radius 1 is 1.17 bits per heavy atom. The second-order valence-corrected chi connectivity index (χ2v) is 7.82. The molecule has 0 aliphatic carbocycles. The minimum atomic E-state index is -0.478. The van der Waals surface area contributed by atoms with Crippen molar-refractivity contribution in [3.8, 4) is 0 Å². The van der Waals surface area contributed by atoms with E-state index in [1.807, 2.05) is 0 Å². The topological polar surface area (TPSA) is 25.1 Å². The van der Waals surface area contributed by atoms with Crippen molar-refractivity contribution in [1.29, 1.82) is 0 Å². The monoisotopic (exact) mass is 186 g/mol. The van der Waals surface area contributed by atoms with E-state index in [1.54, 1.807) is 0 Å². The van der Waals surface area contributed by atoms with Gasteiger partial charge in [-0.05, 0) is 18.4 Å². The van der Waals surface area contributed by atoms with E-state index in [0.29, 0.717) is 12.2 Å². The molecule has 2 saturated heterocycles. The summed E-state index contributed by atoms with van der Waals surface area (Å²) in [5.41, 5.74) is 0.949. The highest BCUT2D eigenvalue weighted by Gasteiger charge is 2.33. The Kier molecular flexibility index (Phi) is 2.53. The number of hydrogen-bond acceptors (Lipinski definition) is 2. The summed E-state index contributed by atoms with van der Waals surface area (Å²) in [7, 11) is -0.478. The van der Waals surface area contributed by atoms with E-state index in [-0.39, 0.29) is 0 Å². The Labute approximate surface area is 75.9 Å². The van der Waals surface area contributed by atoms with Gasteiger partial charge in [0.25, 0.3) is 0 Å². The quantitative estimate of drug-likeness (QED) is 0.479. The van der Waals surface area contributed by atoms with Crippen LogP contribution in [0.3, 0.4) is 0 Å². The summed E-state index contributed by atoms with van der Waals surface area (Å²) in [6.07, 6.45) is 3.85. The van der Waals surface area contributed by atoms with Gasteiger partial charge >= 0.3 is 0 Å². The fourth-order valence-corrected chi connectivity index (χ4v) is 3.42. The molecule has 2 heterocycles. The molecule has 2 aliphatic rings. The van der Waals surface area contributed by atoms with E-state index in [4.69, 9.17) is 9.47 Å². The van der Waals surface area contributed by atoms with Gasteiger partial charge in [0.1, 0.15) is 0 Å². The highest BCUT2D eigenvalue weighted by atomic mass is 28.3. The predicted molar refractivity (Wildman–Crippen MR) is 51.3 cm³/mol. The molecule has 2 rings (SSSR count). The van der Waals surface area contributed by atoms with Crippen LogP contribution in [0.2, 0.25) is 18.6 Å². The highest BCUT2D eigenvalue weighted by molar-refractivity contribution is 6.57. The van der Waals surface area contributed by atoms with Crippen LogP contribution >= 0.6 is 0 Å². The van der Waals surface area contributed by atoms with E-state index in [2.05, 4.69) is 13.1 Å². The van der Waals surface area contributed by atoms with Gasteiger partial charge in [-0.25, -0.2) is 0 Å². The summed E-state index contributed by atoms with van der Waals surface area (Å²) in [6.45, 7) is 6.91. The molecule has 0 saturated carbocycles. The molecular formula is C9H18O2Si. The van der Waals surface area contributed by atoms with Crippen LogP contribution in [0.4, 0.5) is 0 Å². The molecule has 0 aromatic carbocycles. The van der Waals surface area contributed by atoms with E-state index >= 15 is 0 Å². The third kappa shape index (κ3) is 2.57. The maximum atomic E-state index is 5.27. The van der Waals surface area contributed by atoms with Gasteiger partial charge in [0.05, 0.1) is 25.4 Å². The van der Waals surface area contributed by atoms with Crippen LogP contribution in [0.25, 0.3) is 0 Å². The first-order valence-corrected chi connectivity index (χ1v) is 7.96. The minimum Gasteiger partial charge on any atom is -0.373 e.